The summed E-state index contributed by atoms with van der Waals surface area (Å²) in [4.78, 5) is 10.5. The first-order valence-electron chi connectivity index (χ1n) is 4.77. The third-order valence-electron chi connectivity index (χ3n) is 2.05. The maximum atomic E-state index is 10.5. The van der Waals surface area contributed by atoms with Crippen LogP contribution in [0.3, 0.4) is 0 Å². The van der Waals surface area contributed by atoms with E-state index >= 15 is 0 Å². The lowest BCUT2D eigenvalue weighted by Gasteiger charge is -2.07. The summed E-state index contributed by atoms with van der Waals surface area (Å²) in [6, 6.07) is 5.01. The molecule has 4 N–H and O–H groups in total. The minimum absolute atomic E-state index is 0.0229. The number of carboxylic acid groups (broad SMARTS) is 1. The SMILES string of the molecule is CC(N)Cc1ccc(CC(=O)O)c(O)c1. The zero-order chi connectivity index (χ0) is 11.4. The molecule has 0 heterocycles. The quantitative estimate of drug-likeness (QED) is 0.688. The summed E-state index contributed by atoms with van der Waals surface area (Å²) in [5, 5.41) is 18.1. The van der Waals surface area contributed by atoms with E-state index in [2.05, 4.69) is 0 Å². The largest absolute Gasteiger partial charge is 0.508 e. The van der Waals surface area contributed by atoms with E-state index in [-0.39, 0.29) is 18.2 Å². The van der Waals surface area contributed by atoms with Crippen molar-refractivity contribution in [2.45, 2.75) is 25.8 Å². The molecule has 15 heavy (non-hydrogen) atoms. The second-order valence-corrected chi connectivity index (χ2v) is 3.71. The van der Waals surface area contributed by atoms with Gasteiger partial charge in [0.1, 0.15) is 5.75 Å². The molecule has 4 nitrogen and oxygen atoms in total. The van der Waals surface area contributed by atoms with E-state index in [4.69, 9.17) is 10.8 Å². The van der Waals surface area contributed by atoms with Crippen molar-refractivity contribution in [2.24, 2.45) is 5.73 Å². The summed E-state index contributed by atoms with van der Waals surface area (Å²) in [6.07, 6.45) is 0.505. The van der Waals surface area contributed by atoms with Gasteiger partial charge in [0.2, 0.25) is 0 Å². The van der Waals surface area contributed by atoms with Crippen molar-refractivity contribution in [3.05, 3.63) is 29.3 Å². The minimum Gasteiger partial charge on any atom is -0.508 e. The number of rotatable bonds is 4. The van der Waals surface area contributed by atoms with E-state index in [0.717, 1.165) is 5.56 Å². The van der Waals surface area contributed by atoms with E-state index in [1.807, 2.05) is 6.92 Å². The first kappa shape index (κ1) is 11.5. The van der Waals surface area contributed by atoms with Crippen molar-refractivity contribution >= 4 is 5.97 Å². The average molecular weight is 209 g/mol. The number of phenols is 1. The highest BCUT2D eigenvalue weighted by Crippen LogP contribution is 2.20. The molecule has 1 rings (SSSR count). The molecule has 0 saturated carbocycles. The van der Waals surface area contributed by atoms with Crippen LogP contribution in [0.25, 0.3) is 0 Å². The number of aromatic hydroxyl groups is 1. The van der Waals surface area contributed by atoms with E-state index in [1.54, 1.807) is 18.2 Å². The van der Waals surface area contributed by atoms with Crippen LogP contribution in [0.1, 0.15) is 18.1 Å². The molecule has 0 fully saturated rings. The van der Waals surface area contributed by atoms with Gasteiger partial charge in [-0.25, -0.2) is 0 Å². The second kappa shape index (κ2) is 4.79. The molecular formula is C11H15NO3. The molecular weight excluding hydrogens is 194 g/mol. The monoisotopic (exact) mass is 209 g/mol. The molecule has 0 amide bonds. The molecule has 1 unspecified atom stereocenters. The Morgan fingerprint density at radius 1 is 1.53 bits per heavy atom. The second-order valence-electron chi connectivity index (χ2n) is 3.71. The molecule has 0 aliphatic heterocycles. The van der Waals surface area contributed by atoms with Crippen molar-refractivity contribution < 1.29 is 15.0 Å². The maximum Gasteiger partial charge on any atom is 0.307 e. The molecule has 0 spiro atoms. The van der Waals surface area contributed by atoms with Crippen LogP contribution < -0.4 is 5.73 Å². The standard InChI is InChI=1S/C11H15NO3/c1-7(12)4-8-2-3-9(6-11(14)15)10(13)5-8/h2-3,5,7,13H,4,6,12H2,1H3,(H,14,15). The summed E-state index contributed by atoms with van der Waals surface area (Å²) >= 11 is 0. The average Bonchev–Trinajstić information content (AvgIpc) is 2.08. The Balaban J connectivity index is 2.83. The lowest BCUT2D eigenvalue weighted by molar-refractivity contribution is -0.136. The Bertz CT molecular complexity index is 361. The third-order valence-corrected chi connectivity index (χ3v) is 2.05. The van der Waals surface area contributed by atoms with Crippen LogP contribution in [0.2, 0.25) is 0 Å². The number of carboxylic acids is 1. The van der Waals surface area contributed by atoms with Crippen LogP contribution in [0, 0.1) is 0 Å². The fraction of sp³-hybridized carbons (Fsp3) is 0.364. The summed E-state index contributed by atoms with van der Waals surface area (Å²) in [7, 11) is 0. The molecule has 0 saturated heterocycles. The van der Waals surface area contributed by atoms with Gasteiger partial charge in [-0.2, -0.15) is 0 Å². The van der Waals surface area contributed by atoms with Gasteiger partial charge < -0.3 is 15.9 Å². The number of carbonyl (C=O) groups is 1. The van der Waals surface area contributed by atoms with Gasteiger partial charge in [0.25, 0.3) is 0 Å². The van der Waals surface area contributed by atoms with Crippen molar-refractivity contribution in [3.8, 4) is 5.75 Å². The Hall–Kier alpha value is -1.55. The molecule has 1 aromatic carbocycles. The number of hydrogen-bond donors (Lipinski definition) is 3. The van der Waals surface area contributed by atoms with Gasteiger partial charge in [-0.3, -0.25) is 4.79 Å². The topological polar surface area (TPSA) is 83.6 Å². The van der Waals surface area contributed by atoms with Gasteiger partial charge in [0, 0.05) is 11.6 Å². The van der Waals surface area contributed by atoms with Gasteiger partial charge >= 0.3 is 5.97 Å². The van der Waals surface area contributed by atoms with Crippen molar-refractivity contribution in [1.29, 1.82) is 0 Å². The lowest BCUT2D eigenvalue weighted by Crippen LogP contribution is -2.17. The molecule has 0 aliphatic carbocycles. The smallest absolute Gasteiger partial charge is 0.307 e. The molecule has 1 atom stereocenters. The third kappa shape index (κ3) is 3.59. The van der Waals surface area contributed by atoms with Crippen molar-refractivity contribution in [1.82, 2.24) is 0 Å². The first-order chi connectivity index (χ1) is 6.99. The van der Waals surface area contributed by atoms with Gasteiger partial charge in [-0.1, -0.05) is 12.1 Å². The Kier molecular flexibility index (Phi) is 3.68. The number of aliphatic carboxylic acids is 1. The fourth-order valence-electron chi connectivity index (χ4n) is 1.42. The van der Waals surface area contributed by atoms with Gasteiger partial charge in [-0.15, -0.1) is 0 Å². The minimum atomic E-state index is -0.953. The number of benzene rings is 1. The Morgan fingerprint density at radius 2 is 2.20 bits per heavy atom. The van der Waals surface area contributed by atoms with E-state index in [1.165, 1.54) is 0 Å². The molecule has 0 aromatic heterocycles. The Labute approximate surface area is 88.3 Å². The highest BCUT2D eigenvalue weighted by Gasteiger charge is 2.07. The van der Waals surface area contributed by atoms with Crippen LogP contribution in [0.15, 0.2) is 18.2 Å². The van der Waals surface area contributed by atoms with E-state index < -0.39 is 5.97 Å². The zero-order valence-electron chi connectivity index (χ0n) is 8.60. The van der Waals surface area contributed by atoms with Crippen LogP contribution in [-0.2, 0) is 17.6 Å². The van der Waals surface area contributed by atoms with Crippen LogP contribution >= 0.6 is 0 Å². The molecule has 82 valence electrons. The molecule has 0 aliphatic rings. The molecule has 1 aromatic rings. The highest BCUT2D eigenvalue weighted by molar-refractivity contribution is 5.71. The maximum absolute atomic E-state index is 10.5. The summed E-state index contributed by atoms with van der Waals surface area (Å²) in [6.45, 7) is 1.88. The summed E-state index contributed by atoms with van der Waals surface area (Å²) < 4.78 is 0. The van der Waals surface area contributed by atoms with Crippen LogP contribution in [0.4, 0.5) is 0 Å². The van der Waals surface area contributed by atoms with Gasteiger partial charge in [-0.05, 0) is 25.0 Å². The molecule has 4 heteroatoms. The van der Waals surface area contributed by atoms with Crippen LogP contribution in [0.5, 0.6) is 5.75 Å². The first-order valence-corrected chi connectivity index (χ1v) is 4.77. The van der Waals surface area contributed by atoms with E-state index in [9.17, 15) is 9.90 Å². The van der Waals surface area contributed by atoms with E-state index in [0.29, 0.717) is 12.0 Å². The lowest BCUT2D eigenvalue weighted by atomic mass is 10.0. The number of nitrogens with two attached hydrogens (primary N) is 1. The summed E-state index contributed by atoms with van der Waals surface area (Å²) in [5.41, 5.74) is 6.96. The predicted molar refractivity (Wildman–Crippen MR) is 56.8 cm³/mol. The normalized spacial score (nSPS) is 12.4. The highest BCUT2D eigenvalue weighted by atomic mass is 16.4. The molecule has 0 radical (unpaired) electrons. The molecule has 0 bridgehead atoms. The van der Waals surface area contributed by atoms with Crippen molar-refractivity contribution in [3.63, 3.8) is 0 Å². The zero-order valence-corrected chi connectivity index (χ0v) is 8.60. The summed E-state index contributed by atoms with van der Waals surface area (Å²) in [5.74, 6) is -0.930. The van der Waals surface area contributed by atoms with Gasteiger partial charge in [0.05, 0.1) is 6.42 Å². The Morgan fingerprint density at radius 3 is 2.67 bits per heavy atom. The number of phenolic OH excluding ortho intramolecular Hbond substituents is 1. The number of hydrogen-bond acceptors (Lipinski definition) is 3. The van der Waals surface area contributed by atoms with Gasteiger partial charge in [0.15, 0.2) is 0 Å². The van der Waals surface area contributed by atoms with Crippen molar-refractivity contribution in [2.75, 3.05) is 0 Å². The predicted octanol–water partition coefficient (Wildman–Crippen LogP) is 0.909. The van der Waals surface area contributed by atoms with Crippen LogP contribution in [-0.4, -0.2) is 22.2 Å². The fourth-order valence-corrected chi connectivity index (χ4v) is 1.42.